The molecule has 4 nitrogen and oxygen atoms in total. The van der Waals surface area contributed by atoms with Crippen molar-refractivity contribution in [3.05, 3.63) is 0 Å². The van der Waals surface area contributed by atoms with Gasteiger partial charge in [-0.25, -0.2) is 4.79 Å². The lowest BCUT2D eigenvalue weighted by molar-refractivity contribution is 0.180. The molecule has 2 aliphatic rings. The molecule has 0 aromatic carbocycles. The van der Waals surface area contributed by atoms with Crippen LogP contribution < -0.4 is 10.6 Å². The third-order valence-electron chi connectivity index (χ3n) is 3.33. The first-order valence-electron chi connectivity index (χ1n) is 6.00. The first-order valence-corrected chi connectivity index (χ1v) is 6.00. The molecular formula is C11H21N3O. The van der Waals surface area contributed by atoms with Gasteiger partial charge in [0.25, 0.3) is 0 Å². The predicted molar refractivity (Wildman–Crippen MR) is 59.8 cm³/mol. The van der Waals surface area contributed by atoms with Gasteiger partial charge in [-0.1, -0.05) is 6.42 Å². The summed E-state index contributed by atoms with van der Waals surface area (Å²) in [5, 5.41) is 5.90. The Morgan fingerprint density at radius 3 is 2.80 bits per heavy atom. The highest BCUT2D eigenvalue weighted by atomic mass is 16.2. The number of hydrogen-bond donors (Lipinski definition) is 2. The average molecular weight is 211 g/mol. The van der Waals surface area contributed by atoms with E-state index in [1.165, 1.54) is 19.3 Å². The lowest BCUT2D eigenvalue weighted by atomic mass is 10.0. The summed E-state index contributed by atoms with van der Waals surface area (Å²) in [5.41, 5.74) is 0. The van der Waals surface area contributed by atoms with Crippen LogP contribution in [0.15, 0.2) is 0 Å². The van der Waals surface area contributed by atoms with Gasteiger partial charge in [-0.15, -0.1) is 0 Å². The summed E-state index contributed by atoms with van der Waals surface area (Å²) in [4.78, 5) is 13.8. The van der Waals surface area contributed by atoms with Crippen molar-refractivity contribution in [2.75, 3.05) is 20.1 Å². The van der Waals surface area contributed by atoms with Crippen LogP contribution in [0.1, 0.15) is 32.1 Å². The molecule has 1 heterocycles. The van der Waals surface area contributed by atoms with Crippen LogP contribution in [-0.2, 0) is 0 Å². The maximum atomic E-state index is 11.4. The Morgan fingerprint density at radius 1 is 1.33 bits per heavy atom. The van der Waals surface area contributed by atoms with Gasteiger partial charge in [-0.2, -0.15) is 0 Å². The first kappa shape index (κ1) is 10.7. The number of hydrogen-bond acceptors (Lipinski definition) is 2. The van der Waals surface area contributed by atoms with Crippen LogP contribution in [0.2, 0.25) is 0 Å². The second-order valence-electron chi connectivity index (χ2n) is 4.76. The SMILES string of the molecule is CN1CCCCC1CNC(=O)NC1CC1. The van der Waals surface area contributed by atoms with E-state index in [1.807, 2.05) is 0 Å². The van der Waals surface area contributed by atoms with Crippen molar-refractivity contribution in [3.8, 4) is 0 Å². The van der Waals surface area contributed by atoms with Gasteiger partial charge in [0.05, 0.1) is 0 Å². The number of rotatable bonds is 3. The van der Waals surface area contributed by atoms with Crippen LogP contribution in [0.5, 0.6) is 0 Å². The van der Waals surface area contributed by atoms with Crippen molar-refractivity contribution in [3.63, 3.8) is 0 Å². The second-order valence-corrected chi connectivity index (χ2v) is 4.76. The highest BCUT2D eigenvalue weighted by Crippen LogP contribution is 2.18. The van der Waals surface area contributed by atoms with Crippen LogP contribution in [0, 0.1) is 0 Å². The second kappa shape index (κ2) is 4.84. The van der Waals surface area contributed by atoms with Crippen LogP contribution in [0.4, 0.5) is 4.79 Å². The number of carbonyl (C=O) groups excluding carboxylic acids is 1. The van der Waals surface area contributed by atoms with E-state index in [2.05, 4.69) is 22.6 Å². The predicted octanol–water partition coefficient (Wildman–Crippen LogP) is 0.932. The number of carbonyl (C=O) groups is 1. The Morgan fingerprint density at radius 2 is 2.13 bits per heavy atom. The van der Waals surface area contributed by atoms with Crippen LogP contribution in [0.3, 0.4) is 0 Å². The maximum Gasteiger partial charge on any atom is 0.315 e. The number of amides is 2. The Balaban J connectivity index is 1.64. The minimum absolute atomic E-state index is 0.0106. The number of nitrogens with zero attached hydrogens (tertiary/aromatic N) is 1. The molecule has 1 aliphatic heterocycles. The third-order valence-corrected chi connectivity index (χ3v) is 3.33. The molecule has 1 aliphatic carbocycles. The van der Waals surface area contributed by atoms with Gasteiger partial charge in [0.2, 0.25) is 0 Å². The van der Waals surface area contributed by atoms with E-state index in [0.717, 1.165) is 25.9 Å². The quantitative estimate of drug-likeness (QED) is 0.729. The minimum atomic E-state index is 0.0106. The van der Waals surface area contributed by atoms with Crippen molar-refractivity contribution in [2.45, 2.75) is 44.2 Å². The smallest absolute Gasteiger partial charge is 0.315 e. The molecule has 2 rings (SSSR count). The van der Waals surface area contributed by atoms with Crippen LogP contribution in [0.25, 0.3) is 0 Å². The van der Waals surface area contributed by atoms with Crippen LogP contribution >= 0.6 is 0 Å². The van der Waals surface area contributed by atoms with E-state index in [9.17, 15) is 4.79 Å². The third kappa shape index (κ3) is 3.38. The fourth-order valence-corrected chi connectivity index (χ4v) is 2.08. The zero-order valence-corrected chi connectivity index (χ0v) is 9.46. The molecule has 86 valence electrons. The number of nitrogens with one attached hydrogen (secondary N) is 2. The molecule has 2 fully saturated rings. The zero-order chi connectivity index (χ0) is 10.7. The van der Waals surface area contributed by atoms with E-state index in [0.29, 0.717) is 12.1 Å². The molecule has 0 aromatic heterocycles. The van der Waals surface area contributed by atoms with Gasteiger partial charge in [0.1, 0.15) is 0 Å². The van der Waals surface area contributed by atoms with E-state index >= 15 is 0 Å². The molecule has 0 radical (unpaired) electrons. The molecule has 1 unspecified atom stereocenters. The first-order chi connectivity index (χ1) is 7.25. The monoisotopic (exact) mass is 211 g/mol. The lowest BCUT2D eigenvalue weighted by Gasteiger charge is -2.32. The van der Waals surface area contributed by atoms with Gasteiger partial charge >= 0.3 is 6.03 Å². The van der Waals surface area contributed by atoms with Crippen molar-refractivity contribution < 1.29 is 4.79 Å². The van der Waals surface area contributed by atoms with E-state index < -0.39 is 0 Å². The molecule has 2 N–H and O–H groups in total. The lowest BCUT2D eigenvalue weighted by Crippen LogP contribution is -2.47. The van der Waals surface area contributed by atoms with Gasteiger partial charge in [-0.3, -0.25) is 0 Å². The number of likely N-dealkylation sites (N-methyl/N-ethyl adjacent to an activating group) is 1. The molecule has 0 bridgehead atoms. The summed E-state index contributed by atoms with van der Waals surface area (Å²) < 4.78 is 0. The Labute approximate surface area is 91.4 Å². The van der Waals surface area contributed by atoms with E-state index in [-0.39, 0.29) is 6.03 Å². The Kier molecular flexibility index (Phi) is 3.46. The highest BCUT2D eigenvalue weighted by Gasteiger charge is 2.24. The molecule has 1 atom stereocenters. The standard InChI is InChI=1S/C11H21N3O/c1-14-7-3-2-4-10(14)8-12-11(15)13-9-5-6-9/h9-10H,2-8H2,1H3,(H2,12,13,15). The van der Waals surface area contributed by atoms with Crippen molar-refractivity contribution in [1.82, 2.24) is 15.5 Å². The molecule has 1 saturated carbocycles. The maximum absolute atomic E-state index is 11.4. The fraction of sp³-hybridized carbons (Fsp3) is 0.909. The van der Waals surface area contributed by atoms with Crippen molar-refractivity contribution in [2.24, 2.45) is 0 Å². The van der Waals surface area contributed by atoms with Crippen LogP contribution in [-0.4, -0.2) is 43.2 Å². The molecule has 0 spiro atoms. The topological polar surface area (TPSA) is 44.4 Å². The summed E-state index contributed by atoms with van der Waals surface area (Å²) >= 11 is 0. The number of likely N-dealkylation sites (tertiary alicyclic amines) is 1. The summed E-state index contributed by atoms with van der Waals surface area (Å²) in [5.74, 6) is 0. The van der Waals surface area contributed by atoms with Crippen molar-refractivity contribution in [1.29, 1.82) is 0 Å². The summed E-state index contributed by atoms with van der Waals surface area (Å²) in [6.45, 7) is 1.95. The average Bonchev–Trinajstić information content (AvgIpc) is 3.00. The Hall–Kier alpha value is -0.770. The van der Waals surface area contributed by atoms with E-state index in [1.54, 1.807) is 0 Å². The molecule has 2 amide bonds. The zero-order valence-electron chi connectivity index (χ0n) is 9.46. The largest absolute Gasteiger partial charge is 0.337 e. The number of urea groups is 1. The molecule has 4 heteroatoms. The highest BCUT2D eigenvalue weighted by molar-refractivity contribution is 5.74. The van der Waals surface area contributed by atoms with Crippen molar-refractivity contribution >= 4 is 6.03 Å². The summed E-state index contributed by atoms with van der Waals surface area (Å²) in [6.07, 6.45) is 6.09. The van der Waals surface area contributed by atoms with E-state index in [4.69, 9.17) is 0 Å². The normalized spacial score (nSPS) is 27.4. The summed E-state index contributed by atoms with van der Waals surface area (Å²) in [7, 11) is 2.14. The van der Waals surface area contributed by atoms with Gasteiger partial charge in [-0.05, 0) is 39.3 Å². The van der Waals surface area contributed by atoms with Gasteiger partial charge in [0, 0.05) is 18.6 Å². The molecular weight excluding hydrogens is 190 g/mol. The van der Waals surface area contributed by atoms with Gasteiger partial charge in [0.15, 0.2) is 0 Å². The van der Waals surface area contributed by atoms with Gasteiger partial charge < -0.3 is 15.5 Å². The fourth-order valence-electron chi connectivity index (χ4n) is 2.08. The molecule has 0 aromatic rings. The summed E-state index contributed by atoms with van der Waals surface area (Å²) in [6, 6.07) is 0.995. The number of piperidine rings is 1. The molecule has 1 saturated heterocycles. The molecule has 15 heavy (non-hydrogen) atoms. The minimum Gasteiger partial charge on any atom is -0.337 e. The Bertz CT molecular complexity index is 228.